The third-order valence-corrected chi connectivity index (χ3v) is 7.26. The lowest BCUT2D eigenvalue weighted by Crippen LogP contribution is -2.30. The minimum atomic E-state index is -0.258. The highest BCUT2D eigenvalue weighted by Crippen LogP contribution is 2.47. The lowest BCUT2D eigenvalue weighted by Gasteiger charge is -2.29. The number of halogens is 1. The number of nitrogens with one attached hydrogen (secondary N) is 1. The lowest BCUT2D eigenvalue weighted by molar-refractivity contribution is 0.394. The van der Waals surface area contributed by atoms with Crippen molar-refractivity contribution in [3.05, 3.63) is 94.5 Å². The van der Waals surface area contributed by atoms with Gasteiger partial charge in [0.05, 0.1) is 43.4 Å². The standard InChI is InChI=1S/C28H27ClN4O3S/c1-16-13-20(17(2)32(16)23-14-18(29)8-11-24(23)34)27-26(21-7-5-6-12-30-21)31-28(37)33(27)22-10-9-19(35-3)15-25(22)36-4/h5-15,26-27,34H,1-4H3,(H,31,37)/t26-,27-/m1/s1. The zero-order valence-electron chi connectivity index (χ0n) is 20.9. The van der Waals surface area contributed by atoms with Gasteiger partial charge in [-0.1, -0.05) is 17.7 Å². The topological polar surface area (TPSA) is 71.8 Å². The molecule has 37 heavy (non-hydrogen) atoms. The largest absolute Gasteiger partial charge is 0.506 e. The van der Waals surface area contributed by atoms with E-state index in [1.807, 2.05) is 54.8 Å². The third-order valence-electron chi connectivity index (χ3n) is 6.71. The molecule has 7 nitrogen and oxygen atoms in total. The molecule has 4 aromatic rings. The summed E-state index contributed by atoms with van der Waals surface area (Å²) in [4.78, 5) is 6.71. The number of hydrogen-bond acceptors (Lipinski definition) is 5. The molecule has 0 spiro atoms. The van der Waals surface area contributed by atoms with Gasteiger partial charge in [0.2, 0.25) is 0 Å². The number of phenols is 1. The van der Waals surface area contributed by atoms with Gasteiger partial charge < -0.3 is 29.4 Å². The number of thiocarbonyl (C=S) groups is 1. The number of aryl methyl sites for hydroxylation is 1. The minimum absolute atomic E-state index is 0.146. The number of phenolic OH excluding ortho intramolecular Hbond substituents is 1. The Morgan fingerprint density at radius 1 is 1.00 bits per heavy atom. The van der Waals surface area contributed by atoms with Crippen molar-refractivity contribution in [3.8, 4) is 22.9 Å². The summed E-state index contributed by atoms with van der Waals surface area (Å²) < 4.78 is 13.2. The SMILES string of the molecule is COc1ccc(N2C(=S)N[C@H](c3ccccn3)[C@H]2c2cc(C)n(-c3cc(Cl)ccc3O)c2C)c(OC)c1. The minimum Gasteiger partial charge on any atom is -0.506 e. The highest BCUT2D eigenvalue weighted by molar-refractivity contribution is 7.80. The summed E-state index contributed by atoms with van der Waals surface area (Å²) in [6.45, 7) is 4.04. The van der Waals surface area contributed by atoms with Crippen molar-refractivity contribution in [2.45, 2.75) is 25.9 Å². The maximum atomic E-state index is 10.7. The fraction of sp³-hybridized carbons (Fsp3) is 0.214. The Balaban J connectivity index is 1.72. The molecule has 0 radical (unpaired) electrons. The molecular weight excluding hydrogens is 508 g/mol. The van der Waals surface area contributed by atoms with Crippen LogP contribution in [0.15, 0.2) is 66.9 Å². The second kappa shape index (κ2) is 9.95. The quantitative estimate of drug-likeness (QED) is 0.292. The van der Waals surface area contributed by atoms with E-state index in [9.17, 15) is 5.11 Å². The number of ether oxygens (including phenoxy) is 2. The van der Waals surface area contributed by atoms with Crippen LogP contribution in [-0.2, 0) is 0 Å². The average Bonchev–Trinajstić information content (AvgIpc) is 3.40. The number of methoxy groups -OCH3 is 2. The van der Waals surface area contributed by atoms with E-state index in [0.717, 1.165) is 28.3 Å². The van der Waals surface area contributed by atoms with Gasteiger partial charge in [-0.05, 0) is 80.2 Å². The smallest absolute Gasteiger partial charge is 0.174 e. The molecule has 1 aliphatic rings. The second-order valence-electron chi connectivity index (χ2n) is 8.83. The molecule has 2 atom stereocenters. The van der Waals surface area contributed by atoms with Gasteiger partial charge in [-0.2, -0.15) is 0 Å². The summed E-state index contributed by atoms with van der Waals surface area (Å²) in [6, 6.07) is 18.2. The lowest BCUT2D eigenvalue weighted by atomic mass is 9.96. The van der Waals surface area contributed by atoms with Crippen molar-refractivity contribution in [1.29, 1.82) is 0 Å². The van der Waals surface area contributed by atoms with E-state index in [2.05, 4.69) is 21.3 Å². The monoisotopic (exact) mass is 534 g/mol. The van der Waals surface area contributed by atoms with E-state index < -0.39 is 0 Å². The van der Waals surface area contributed by atoms with Crippen molar-refractivity contribution < 1.29 is 14.6 Å². The van der Waals surface area contributed by atoms with Crippen LogP contribution in [0.25, 0.3) is 5.69 Å². The molecule has 190 valence electrons. The van der Waals surface area contributed by atoms with Gasteiger partial charge >= 0.3 is 0 Å². The Morgan fingerprint density at radius 3 is 2.51 bits per heavy atom. The van der Waals surface area contributed by atoms with Crippen LogP contribution >= 0.6 is 23.8 Å². The number of pyridine rings is 1. The molecule has 9 heteroatoms. The molecule has 0 bridgehead atoms. The Bertz CT molecular complexity index is 1470. The normalized spacial score (nSPS) is 17.1. The fourth-order valence-electron chi connectivity index (χ4n) is 5.05. The molecule has 0 unspecified atom stereocenters. The summed E-state index contributed by atoms with van der Waals surface area (Å²) in [6.07, 6.45) is 1.78. The zero-order chi connectivity index (χ0) is 26.3. The van der Waals surface area contributed by atoms with Crippen LogP contribution in [-0.4, -0.2) is 34.0 Å². The van der Waals surface area contributed by atoms with Crippen molar-refractivity contribution in [2.24, 2.45) is 0 Å². The Hall–Kier alpha value is -3.75. The summed E-state index contributed by atoms with van der Waals surface area (Å²) in [5.74, 6) is 1.47. The predicted molar refractivity (Wildman–Crippen MR) is 149 cm³/mol. The first kappa shape index (κ1) is 24.9. The first-order valence-corrected chi connectivity index (χ1v) is 12.5. The maximum absolute atomic E-state index is 10.7. The summed E-state index contributed by atoms with van der Waals surface area (Å²) in [5.41, 5.74) is 5.21. The van der Waals surface area contributed by atoms with Crippen molar-refractivity contribution in [2.75, 3.05) is 19.1 Å². The van der Waals surface area contributed by atoms with Gasteiger partial charge in [0.1, 0.15) is 17.2 Å². The molecule has 0 aliphatic carbocycles. The summed E-state index contributed by atoms with van der Waals surface area (Å²) >= 11 is 12.2. The van der Waals surface area contributed by atoms with Crippen LogP contribution in [0, 0.1) is 13.8 Å². The van der Waals surface area contributed by atoms with Gasteiger partial charge in [0.25, 0.3) is 0 Å². The maximum Gasteiger partial charge on any atom is 0.174 e. The number of hydrogen-bond donors (Lipinski definition) is 2. The first-order chi connectivity index (χ1) is 17.8. The van der Waals surface area contributed by atoms with E-state index >= 15 is 0 Å². The molecule has 5 rings (SSSR count). The molecule has 1 saturated heterocycles. The summed E-state index contributed by atoms with van der Waals surface area (Å²) in [7, 11) is 3.25. The fourth-order valence-corrected chi connectivity index (χ4v) is 5.55. The molecule has 2 N–H and O–H groups in total. The van der Waals surface area contributed by atoms with E-state index in [4.69, 9.17) is 33.3 Å². The summed E-state index contributed by atoms with van der Waals surface area (Å²) in [5, 5.41) is 15.3. The van der Waals surface area contributed by atoms with E-state index in [1.54, 1.807) is 38.6 Å². The van der Waals surface area contributed by atoms with Crippen LogP contribution < -0.4 is 19.7 Å². The predicted octanol–water partition coefficient (Wildman–Crippen LogP) is 6.04. The zero-order valence-corrected chi connectivity index (χ0v) is 22.5. The van der Waals surface area contributed by atoms with Gasteiger partial charge in [-0.25, -0.2) is 0 Å². The average molecular weight is 535 g/mol. The van der Waals surface area contributed by atoms with Crippen LogP contribution in [0.3, 0.4) is 0 Å². The molecule has 3 heterocycles. The van der Waals surface area contributed by atoms with Crippen LogP contribution in [0.2, 0.25) is 5.02 Å². The molecule has 0 amide bonds. The van der Waals surface area contributed by atoms with Gasteiger partial charge in [0.15, 0.2) is 5.11 Å². The number of aromatic nitrogens is 2. The molecular formula is C28H27ClN4O3S. The van der Waals surface area contributed by atoms with Crippen molar-refractivity contribution in [3.63, 3.8) is 0 Å². The van der Waals surface area contributed by atoms with E-state index in [-0.39, 0.29) is 17.8 Å². The van der Waals surface area contributed by atoms with E-state index in [1.165, 1.54) is 0 Å². The van der Waals surface area contributed by atoms with Gasteiger partial charge in [-0.3, -0.25) is 4.98 Å². The highest BCUT2D eigenvalue weighted by atomic mass is 35.5. The molecule has 1 fully saturated rings. The number of nitrogens with zero attached hydrogens (tertiary/aromatic N) is 3. The number of aromatic hydroxyl groups is 1. The van der Waals surface area contributed by atoms with Gasteiger partial charge in [0, 0.05) is 28.7 Å². The number of rotatable bonds is 6. The van der Waals surface area contributed by atoms with Crippen molar-refractivity contribution >= 4 is 34.6 Å². The van der Waals surface area contributed by atoms with Gasteiger partial charge in [-0.15, -0.1) is 0 Å². The molecule has 1 aliphatic heterocycles. The second-order valence-corrected chi connectivity index (χ2v) is 9.65. The Kier molecular flexibility index (Phi) is 6.70. The molecule has 2 aromatic heterocycles. The Morgan fingerprint density at radius 2 is 1.81 bits per heavy atom. The Labute approximate surface area is 226 Å². The van der Waals surface area contributed by atoms with E-state index in [0.29, 0.717) is 27.3 Å². The number of benzene rings is 2. The first-order valence-electron chi connectivity index (χ1n) is 11.7. The molecule has 0 saturated carbocycles. The van der Waals surface area contributed by atoms with Crippen LogP contribution in [0.1, 0.15) is 34.7 Å². The van der Waals surface area contributed by atoms with Crippen LogP contribution in [0.5, 0.6) is 17.2 Å². The number of anilines is 1. The van der Waals surface area contributed by atoms with Crippen molar-refractivity contribution in [1.82, 2.24) is 14.9 Å². The highest BCUT2D eigenvalue weighted by Gasteiger charge is 2.43. The third kappa shape index (κ3) is 4.36. The van der Waals surface area contributed by atoms with Crippen LogP contribution in [0.4, 0.5) is 5.69 Å². The molecule has 2 aromatic carbocycles.